The lowest BCUT2D eigenvalue weighted by Crippen LogP contribution is -2.41. The zero-order valence-electron chi connectivity index (χ0n) is 16.8. The standard InChI is InChI=1S/C22H25BN2O3/c1-21(2)22(3,4)28-23(27-21)14-12-24-20(25-13-14)17-10-7-9-16-15-8-5-6-11-18(15)26-19(16)17/h6-7,9-13,17,19H,5,8H2,1-4H3. The first-order valence-corrected chi connectivity index (χ1v) is 9.98. The average Bonchev–Trinajstić information content (AvgIpc) is 3.15. The molecule has 0 bridgehead atoms. The first-order chi connectivity index (χ1) is 13.4. The van der Waals surface area contributed by atoms with Gasteiger partial charge in [0.15, 0.2) is 0 Å². The molecule has 144 valence electrons. The quantitative estimate of drug-likeness (QED) is 0.741. The van der Waals surface area contributed by atoms with Crippen molar-refractivity contribution < 1.29 is 14.0 Å². The summed E-state index contributed by atoms with van der Waals surface area (Å²) in [6, 6.07) is 0. The van der Waals surface area contributed by atoms with E-state index in [2.05, 4.69) is 40.3 Å². The summed E-state index contributed by atoms with van der Waals surface area (Å²) >= 11 is 0. The van der Waals surface area contributed by atoms with Crippen molar-refractivity contribution in [1.82, 2.24) is 9.97 Å². The summed E-state index contributed by atoms with van der Waals surface area (Å²) in [6.45, 7) is 8.18. The molecule has 6 heteroatoms. The van der Waals surface area contributed by atoms with E-state index in [1.54, 1.807) is 0 Å². The third-order valence-corrected chi connectivity index (χ3v) is 6.47. The molecule has 1 saturated heterocycles. The van der Waals surface area contributed by atoms with Crippen molar-refractivity contribution in [2.75, 3.05) is 0 Å². The first kappa shape index (κ1) is 17.9. The van der Waals surface area contributed by atoms with Crippen LogP contribution < -0.4 is 5.46 Å². The van der Waals surface area contributed by atoms with E-state index in [9.17, 15) is 0 Å². The molecule has 1 fully saturated rings. The van der Waals surface area contributed by atoms with E-state index >= 15 is 0 Å². The van der Waals surface area contributed by atoms with Crippen molar-refractivity contribution in [3.05, 3.63) is 65.5 Å². The third kappa shape index (κ3) is 2.70. The Hall–Kier alpha value is -2.18. The Labute approximate surface area is 166 Å². The van der Waals surface area contributed by atoms with Gasteiger partial charge in [-0.15, -0.1) is 0 Å². The predicted octanol–water partition coefficient (Wildman–Crippen LogP) is 3.36. The van der Waals surface area contributed by atoms with Crippen LogP contribution in [0.3, 0.4) is 0 Å². The fourth-order valence-corrected chi connectivity index (χ4v) is 4.10. The SMILES string of the molecule is CC1(C)OB(c2cnc(C3C=CC=C4C5=C(C=CCC5)OC43)nc2)OC1(C)C. The van der Waals surface area contributed by atoms with Gasteiger partial charge in [0.05, 0.1) is 17.1 Å². The topological polar surface area (TPSA) is 53.5 Å². The molecule has 1 aromatic rings. The van der Waals surface area contributed by atoms with Gasteiger partial charge in [0.25, 0.3) is 0 Å². The lowest BCUT2D eigenvalue weighted by atomic mass is 9.81. The summed E-state index contributed by atoms with van der Waals surface area (Å²) in [7, 11) is -0.446. The maximum Gasteiger partial charge on any atom is 0.498 e. The molecule has 2 unspecified atom stereocenters. The van der Waals surface area contributed by atoms with Crippen LogP contribution in [0.2, 0.25) is 0 Å². The largest absolute Gasteiger partial charge is 0.498 e. The minimum Gasteiger partial charge on any atom is -0.484 e. The Morgan fingerprint density at radius 2 is 1.79 bits per heavy atom. The van der Waals surface area contributed by atoms with Crippen molar-refractivity contribution in [2.24, 2.45) is 0 Å². The number of hydrogen-bond acceptors (Lipinski definition) is 5. The molecule has 0 saturated carbocycles. The van der Waals surface area contributed by atoms with Crippen molar-refractivity contribution in [3.63, 3.8) is 0 Å². The van der Waals surface area contributed by atoms with Crippen molar-refractivity contribution >= 4 is 12.6 Å². The summed E-state index contributed by atoms with van der Waals surface area (Å²) in [5.41, 5.74) is 2.68. The molecule has 5 rings (SSSR count). The summed E-state index contributed by atoms with van der Waals surface area (Å²) in [4.78, 5) is 9.31. The summed E-state index contributed by atoms with van der Waals surface area (Å²) < 4.78 is 18.5. The maximum absolute atomic E-state index is 6.26. The molecule has 0 N–H and O–H groups in total. The van der Waals surface area contributed by atoms with Gasteiger partial charge in [-0.1, -0.05) is 24.3 Å². The highest BCUT2D eigenvalue weighted by molar-refractivity contribution is 6.61. The number of rotatable bonds is 2. The second-order valence-corrected chi connectivity index (χ2v) is 8.82. The van der Waals surface area contributed by atoms with E-state index in [4.69, 9.17) is 14.0 Å². The van der Waals surface area contributed by atoms with E-state index in [-0.39, 0.29) is 23.2 Å². The number of hydrogen-bond donors (Lipinski definition) is 0. The van der Waals surface area contributed by atoms with Crippen LogP contribution in [0.4, 0.5) is 0 Å². The summed E-state index contributed by atoms with van der Waals surface area (Å²) in [6.07, 6.45) is 16.4. The molecule has 5 nitrogen and oxygen atoms in total. The van der Waals surface area contributed by atoms with Crippen molar-refractivity contribution in [1.29, 1.82) is 0 Å². The molecule has 2 aliphatic heterocycles. The van der Waals surface area contributed by atoms with Gasteiger partial charge in [-0.3, -0.25) is 0 Å². The van der Waals surface area contributed by atoms with Crippen LogP contribution in [0.5, 0.6) is 0 Å². The van der Waals surface area contributed by atoms with Gasteiger partial charge >= 0.3 is 7.12 Å². The van der Waals surface area contributed by atoms with Crippen LogP contribution in [0, 0.1) is 0 Å². The fourth-order valence-electron chi connectivity index (χ4n) is 4.10. The highest BCUT2D eigenvalue weighted by Crippen LogP contribution is 2.44. The van der Waals surface area contributed by atoms with Crippen LogP contribution in [0.1, 0.15) is 52.3 Å². The van der Waals surface area contributed by atoms with E-state index < -0.39 is 7.12 Å². The van der Waals surface area contributed by atoms with Crippen LogP contribution in [0.25, 0.3) is 0 Å². The van der Waals surface area contributed by atoms with Crippen molar-refractivity contribution in [2.45, 2.75) is 63.8 Å². The summed E-state index contributed by atoms with van der Waals surface area (Å²) in [5, 5.41) is 0. The Morgan fingerprint density at radius 3 is 2.50 bits per heavy atom. The van der Waals surface area contributed by atoms with E-state index in [0.717, 1.165) is 29.9 Å². The number of ether oxygens (including phenoxy) is 1. The smallest absolute Gasteiger partial charge is 0.484 e. The van der Waals surface area contributed by atoms with Crippen molar-refractivity contribution in [3.8, 4) is 0 Å². The monoisotopic (exact) mass is 376 g/mol. The Balaban J connectivity index is 1.37. The summed E-state index contributed by atoms with van der Waals surface area (Å²) in [5.74, 6) is 1.77. The molecule has 0 aromatic carbocycles. The van der Waals surface area contributed by atoms with E-state index in [1.807, 2.05) is 40.1 Å². The molecule has 2 atom stereocenters. The molecule has 0 radical (unpaired) electrons. The lowest BCUT2D eigenvalue weighted by Gasteiger charge is -2.32. The second-order valence-electron chi connectivity index (χ2n) is 8.82. The zero-order valence-corrected chi connectivity index (χ0v) is 16.8. The molecule has 4 aliphatic rings. The molecule has 1 aromatic heterocycles. The Morgan fingerprint density at radius 1 is 1.07 bits per heavy atom. The van der Waals surface area contributed by atoms with Gasteiger partial charge < -0.3 is 14.0 Å². The molecule has 3 heterocycles. The highest BCUT2D eigenvalue weighted by atomic mass is 16.7. The van der Waals surface area contributed by atoms with Crippen LogP contribution in [-0.4, -0.2) is 34.4 Å². The van der Waals surface area contributed by atoms with E-state index in [1.165, 1.54) is 11.1 Å². The average molecular weight is 376 g/mol. The molecule has 0 spiro atoms. The van der Waals surface area contributed by atoms with E-state index in [0.29, 0.717) is 0 Å². The molecular formula is C22H25BN2O3. The van der Waals surface area contributed by atoms with Gasteiger partial charge in [0.1, 0.15) is 17.7 Å². The Kier molecular flexibility index (Phi) is 3.94. The van der Waals surface area contributed by atoms with Crippen LogP contribution in [-0.2, 0) is 14.0 Å². The number of fused-ring (bicyclic) bond motifs is 2. The third-order valence-electron chi connectivity index (χ3n) is 6.47. The number of nitrogens with zero attached hydrogens (tertiary/aromatic N) is 2. The Bertz CT molecular complexity index is 912. The van der Waals surface area contributed by atoms with Crippen LogP contribution in [0.15, 0.2) is 59.7 Å². The molecular weight excluding hydrogens is 351 g/mol. The number of aromatic nitrogens is 2. The lowest BCUT2D eigenvalue weighted by molar-refractivity contribution is 0.00578. The molecule has 0 amide bonds. The van der Waals surface area contributed by atoms with Crippen LogP contribution >= 0.6 is 0 Å². The minimum absolute atomic E-state index is 0.00588. The minimum atomic E-state index is -0.446. The molecule has 28 heavy (non-hydrogen) atoms. The fraction of sp³-hybridized carbons (Fsp3) is 0.455. The first-order valence-electron chi connectivity index (χ1n) is 9.98. The maximum atomic E-state index is 6.26. The second kappa shape index (κ2) is 6.16. The zero-order chi connectivity index (χ0) is 19.5. The highest BCUT2D eigenvalue weighted by Gasteiger charge is 2.52. The number of allylic oxidation sites excluding steroid dienone is 4. The predicted molar refractivity (Wildman–Crippen MR) is 108 cm³/mol. The van der Waals surface area contributed by atoms with Gasteiger partial charge in [-0.25, -0.2) is 9.97 Å². The van der Waals surface area contributed by atoms with Gasteiger partial charge in [-0.2, -0.15) is 0 Å². The normalized spacial score (nSPS) is 29.4. The van der Waals surface area contributed by atoms with Gasteiger partial charge in [0, 0.05) is 29.0 Å². The molecule has 2 aliphatic carbocycles. The van der Waals surface area contributed by atoms with Gasteiger partial charge in [0.2, 0.25) is 0 Å². The van der Waals surface area contributed by atoms with Gasteiger partial charge in [-0.05, 0) is 46.6 Å².